The van der Waals surface area contributed by atoms with Gasteiger partial charge in [0.1, 0.15) is 5.92 Å². The lowest BCUT2D eigenvalue weighted by Gasteiger charge is -2.10. The predicted octanol–water partition coefficient (Wildman–Crippen LogP) is 4.05. The first-order valence-electron chi connectivity index (χ1n) is 10.1. The second-order valence-electron chi connectivity index (χ2n) is 7.27. The third-order valence-corrected chi connectivity index (χ3v) is 5.31. The molecular weight excluding hydrogens is 425 g/mol. The normalized spacial score (nSPS) is 17.5. The molecule has 8 nitrogen and oxygen atoms in total. The summed E-state index contributed by atoms with van der Waals surface area (Å²) in [4.78, 5) is 11.9. The van der Waals surface area contributed by atoms with Crippen LogP contribution in [0.1, 0.15) is 35.9 Å². The van der Waals surface area contributed by atoms with Gasteiger partial charge in [-0.1, -0.05) is 0 Å². The summed E-state index contributed by atoms with van der Waals surface area (Å²) in [6.45, 7) is 7.28. The molecule has 0 spiro atoms. The Labute approximate surface area is 181 Å². The molecule has 1 atom stereocenters. The maximum Gasteiger partial charge on any atom is 0.416 e. The number of halogens is 3. The van der Waals surface area contributed by atoms with Crippen molar-refractivity contribution < 1.29 is 22.4 Å². The van der Waals surface area contributed by atoms with E-state index in [2.05, 4.69) is 39.1 Å². The Bertz CT molecular complexity index is 1120. The first-order chi connectivity index (χ1) is 15.4. The second kappa shape index (κ2) is 8.48. The van der Waals surface area contributed by atoms with Crippen molar-refractivity contribution in [2.75, 3.05) is 11.9 Å². The van der Waals surface area contributed by atoms with E-state index in [0.29, 0.717) is 30.0 Å². The summed E-state index contributed by atoms with van der Waals surface area (Å²) in [6, 6.07) is 4.78. The van der Waals surface area contributed by atoms with Crippen LogP contribution in [-0.4, -0.2) is 32.4 Å². The van der Waals surface area contributed by atoms with Gasteiger partial charge in [0.25, 0.3) is 5.89 Å². The standard InChI is InChI=1S/C19H17F3N6O2.C2H4/c20-19(21,22)10-3-5-11(6-4-10)24-14-13-2-1-9-28(13)27-15(14)18-26-25-17(30-18)12-7-8-23-16(12)29;1-2/h3-6,12,24H,1-2,7-9H2,(H,23,29);1-2H2. The minimum atomic E-state index is -4.39. The fraction of sp³-hybridized carbons (Fsp3) is 0.333. The van der Waals surface area contributed by atoms with Crippen molar-refractivity contribution in [3.63, 3.8) is 0 Å². The molecule has 0 bridgehead atoms. The average Bonchev–Trinajstić information content (AvgIpc) is 3.54. The molecule has 1 unspecified atom stereocenters. The molecule has 32 heavy (non-hydrogen) atoms. The molecule has 5 rings (SSSR count). The zero-order valence-electron chi connectivity index (χ0n) is 17.1. The molecule has 2 aliphatic rings. The van der Waals surface area contributed by atoms with E-state index in [9.17, 15) is 18.0 Å². The predicted molar refractivity (Wildman–Crippen MR) is 110 cm³/mol. The van der Waals surface area contributed by atoms with E-state index < -0.39 is 17.7 Å². The quantitative estimate of drug-likeness (QED) is 0.587. The van der Waals surface area contributed by atoms with E-state index in [-0.39, 0.29) is 17.7 Å². The highest BCUT2D eigenvalue weighted by Gasteiger charge is 2.33. The summed E-state index contributed by atoms with van der Waals surface area (Å²) in [7, 11) is 0. The first-order valence-corrected chi connectivity index (χ1v) is 10.1. The van der Waals surface area contributed by atoms with Crippen LogP contribution >= 0.6 is 0 Å². The lowest BCUT2D eigenvalue weighted by Crippen LogP contribution is -2.18. The molecule has 1 aromatic carbocycles. The molecule has 1 saturated heterocycles. The van der Waals surface area contributed by atoms with Crippen LogP contribution in [0.5, 0.6) is 0 Å². The van der Waals surface area contributed by atoms with Crippen molar-refractivity contribution in [2.24, 2.45) is 0 Å². The number of hydrogen-bond acceptors (Lipinski definition) is 6. The number of carbonyl (C=O) groups excluding carboxylic acids is 1. The molecule has 1 amide bonds. The Morgan fingerprint density at radius 1 is 1.19 bits per heavy atom. The van der Waals surface area contributed by atoms with Gasteiger partial charge in [0.2, 0.25) is 11.8 Å². The number of carbonyl (C=O) groups is 1. The van der Waals surface area contributed by atoms with Crippen LogP contribution < -0.4 is 10.6 Å². The highest BCUT2D eigenvalue weighted by molar-refractivity contribution is 5.84. The molecule has 168 valence electrons. The van der Waals surface area contributed by atoms with Gasteiger partial charge >= 0.3 is 6.18 Å². The zero-order valence-corrected chi connectivity index (χ0v) is 17.1. The lowest BCUT2D eigenvalue weighted by molar-refractivity contribution is -0.137. The second-order valence-corrected chi connectivity index (χ2v) is 7.27. The number of benzene rings is 1. The number of anilines is 2. The van der Waals surface area contributed by atoms with E-state index in [1.54, 1.807) is 0 Å². The van der Waals surface area contributed by atoms with Crippen molar-refractivity contribution in [3.8, 4) is 11.6 Å². The Kier molecular flexibility index (Phi) is 5.72. The smallest absolute Gasteiger partial charge is 0.416 e. The summed E-state index contributed by atoms with van der Waals surface area (Å²) in [6.07, 6.45) is -2.13. The summed E-state index contributed by atoms with van der Waals surface area (Å²) in [5.74, 6) is -0.234. The number of aromatic nitrogens is 4. The molecule has 2 aliphatic heterocycles. The van der Waals surface area contributed by atoms with Crippen molar-refractivity contribution in [1.82, 2.24) is 25.3 Å². The Balaban J connectivity index is 0.00000119. The van der Waals surface area contributed by atoms with Gasteiger partial charge in [-0.2, -0.15) is 18.3 Å². The van der Waals surface area contributed by atoms with Crippen molar-refractivity contribution >= 4 is 17.3 Å². The average molecular weight is 446 g/mol. The lowest BCUT2D eigenvalue weighted by atomic mass is 10.1. The van der Waals surface area contributed by atoms with Gasteiger partial charge in [-0.25, -0.2) is 0 Å². The van der Waals surface area contributed by atoms with Crippen molar-refractivity contribution in [2.45, 2.75) is 37.9 Å². The number of rotatable bonds is 4. The fourth-order valence-corrected chi connectivity index (χ4v) is 3.80. The summed E-state index contributed by atoms with van der Waals surface area (Å²) >= 11 is 0. The molecule has 4 heterocycles. The van der Waals surface area contributed by atoms with Crippen LogP contribution in [0.25, 0.3) is 11.6 Å². The van der Waals surface area contributed by atoms with E-state index in [1.807, 2.05) is 4.68 Å². The third-order valence-electron chi connectivity index (χ3n) is 5.31. The van der Waals surface area contributed by atoms with E-state index in [1.165, 1.54) is 12.1 Å². The van der Waals surface area contributed by atoms with Crippen LogP contribution in [0.15, 0.2) is 41.8 Å². The molecule has 11 heteroatoms. The maximum atomic E-state index is 12.8. The molecular formula is C21H21F3N6O2. The number of alkyl halides is 3. The molecule has 2 aromatic heterocycles. The topological polar surface area (TPSA) is 97.9 Å². The maximum absolute atomic E-state index is 12.8. The van der Waals surface area contributed by atoms with Crippen molar-refractivity contribution in [3.05, 3.63) is 54.6 Å². The number of aryl methyl sites for hydroxylation is 1. The van der Waals surface area contributed by atoms with Gasteiger partial charge < -0.3 is 15.1 Å². The van der Waals surface area contributed by atoms with Gasteiger partial charge in [0, 0.05) is 18.8 Å². The number of nitrogens with zero attached hydrogens (tertiary/aromatic N) is 4. The van der Waals surface area contributed by atoms with E-state index in [0.717, 1.165) is 37.2 Å². The minimum absolute atomic E-state index is 0.152. The van der Waals surface area contributed by atoms with Crippen LogP contribution in [0.4, 0.5) is 24.5 Å². The number of fused-ring (bicyclic) bond motifs is 1. The third kappa shape index (κ3) is 3.97. The number of nitrogens with one attached hydrogen (secondary N) is 2. The summed E-state index contributed by atoms with van der Waals surface area (Å²) in [5.41, 5.74) is 1.73. The zero-order chi connectivity index (χ0) is 22.9. The Hall–Kier alpha value is -3.63. The molecule has 0 saturated carbocycles. The minimum Gasteiger partial charge on any atom is -0.418 e. The van der Waals surface area contributed by atoms with E-state index in [4.69, 9.17) is 4.42 Å². The fourth-order valence-electron chi connectivity index (χ4n) is 3.80. The first kappa shape index (κ1) is 21.6. The van der Waals surface area contributed by atoms with Crippen LogP contribution in [0, 0.1) is 0 Å². The van der Waals surface area contributed by atoms with Crippen LogP contribution in [0.2, 0.25) is 0 Å². The monoisotopic (exact) mass is 446 g/mol. The Morgan fingerprint density at radius 3 is 2.59 bits per heavy atom. The largest absolute Gasteiger partial charge is 0.418 e. The van der Waals surface area contributed by atoms with Gasteiger partial charge in [0.05, 0.1) is 16.9 Å². The Morgan fingerprint density at radius 2 is 1.94 bits per heavy atom. The van der Waals surface area contributed by atoms with Gasteiger partial charge in [-0.15, -0.1) is 23.4 Å². The van der Waals surface area contributed by atoms with E-state index >= 15 is 0 Å². The van der Waals surface area contributed by atoms with Gasteiger partial charge in [-0.3, -0.25) is 9.48 Å². The molecule has 0 radical (unpaired) electrons. The highest BCUT2D eigenvalue weighted by Crippen LogP contribution is 2.37. The van der Waals surface area contributed by atoms with Crippen molar-refractivity contribution in [1.29, 1.82) is 0 Å². The SMILES string of the molecule is C=C.O=C1NCCC1c1nnc(-c2nn3c(c2Nc2ccc(C(F)(F)F)cc2)CCC3)o1. The van der Waals surface area contributed by atoms with Gasteiger partial charge in [0.15, 0.2) is 5.69 Å². The van der Waals surface area contributed by atoms with Crippen LogP contribution in [0.3, 0.4) is 0 Å². The molecule has 2 N–H and O–H groups in total. The molecule has 0 aliphatic carbocycles. The summed E-state index contributed by atoms with van der Waals surface area (Å²) in [5, 5.41) is 18.5. The number of amides is 1. The summed E-state index contributed by atoms with van der Waals surface area (Å²) < 4.78 is 46.1. The van der Waals surface area contributed by atoms with Gasteiger partial charge in [-0.05, 0) is 43.5 Å². The van der Waals surface area contributed by atoms with Crippen LogP contribution in [-0.2, 0) is 23.9 Å². The molecule has 3 aromatic rings. The number of hydrogen-bond donors (Lipinski definition) is 2. The molecule has 1 fully saturated rings. The highest BCUT2D eigenvalue weighted by atomic mass is 19.4.